The molecule has 0 saturated heterocycles. The minimum Gasteiger partial charge on any atom is -0.507 e. The molecule has 1 aliphatic rings. The number of alkyl halides is 3. The second kappa shape index (κ2) is 7.34. The van der Waals surface area contributed by atoms with Crippen LogP contribution in [0.1, 0.15) is 40.7 Å². The van der Waals surface area contributed by atoms with Crippen LogP contribution in [-0.2, 0) is 0 Å². The van der Waals surface area contributed by atoms with Crippen molar-refractivity contribution in [1.29, 1.82) is 0 Å². The number of phenols is 1. The molecule has 0 aliphatic heterocycles. The molecule has 1 aromatic rings. The van der Waals surface area contributed by atoms with E-state index >= 15 is 0 Å². The number of hydrogen-bond acceptors (Lipinski definition) is 3. The Labute approximate surface area is 142 Å². The molecular formula is C17H18F3NO2S. The fraction of sp³-hybridized carbons (Fsp3) is 0.353. The summed E-state index contributed by atoms with van der Waals surface area (Å²) in [5.74, 6) is -0.554. The Morgan fingerprint density at radius 3 is 2.58 bits per heavy atom. The third-order valence-electron chi connectivity index (χ3n) is 3.55. The summed E-state index contributed by atoms with van der Waals surface area (Å²) in [4.78, 5) is 12.6. The van der Waals surface area contributed by atoms with Gasteiger partial charge in [-0.1, -0.05) is 12.1 Å². The lowest BCUT2D eigenvalue weighted by Crippen LogP contribution is -2.23. The number of carbonyl (C=O) groups is 1. The summed E-state index contributed by atoms with van der Waals surface area (Å²) in [6.45, 7) is 3.52. The Bertz CT molecular complexity index is 709. The van der Waals surface area contributed by atoms with Gasteiger partial charge in [-0.25, -0.2) is 0 Å². The summed E-state index contributed by atoms with van der Waals surface area (Å²) in [7, 11) is 0. The van der Waals surface area contributed by atoms with Gasteiger partial charge in [0.2, 0.25) is 0 Å². The van der Waals surface area contributed by atoms with Crippen molar-refractivity contribution in [3.05, 3.63) is 51.6 Å². The van der Waals surface area contributed by atoms with E-state index in [2.05, 4.69) is 5.32 Å². The van der Waals surface area contributed by atoms with Crippen LogP contribution in [0.25, 0.3) is 0 Å². The molecule has 0 heterocycles. The maximum Gasteiger partial charge on any atom is 0.446 e. The van der Waals surface area contributed by atoms with Crippen LogP contribution in [0.5, 0.6) is 5.75 Å². The number of allylic oxidation sites excluding steroid dienone is 4. The van der Waals surface area contributed by atoms with Crippen LogP contribution in [0.2, 0.25) is 0 Å². The van der Waals surface area contributed by atoms with Crippen molar-refractivity contribution in [2.24, 2.45) is 0 Å². The molecule has 0 aromatic heterocycles. The fourth-order valence-electron chi connectivity index (χ4n) is 2.50. The lowest BCUT2D eigenvalue weighted by atomic mass is 10.0. The Morgan fingerprint density at radius 2 is 1.92 bits per heavy atom. The van der Waals surface area contributed by atoms with Crippen LogP contribution in [-0.4, -0.2) is 16.5 Å². The number of carbonyl (C=O) groups excluding carboxylic acids is 1. The molecule has 0 radical (unpaired) electrons. The smallest absolute Gasteiger partial charge is 0.446 e. The van der Waals surface area contributed by atoms with E-state index in [9.17, 15) is 23.1 Å². The van der Waals surface area contributed by atoms with Gasteiger partial charge in [-0.3, -0.25) is 4.79 Å². The van der Waals surface area contributed by atoms with E-state index in [-0.39, 0.29) is 28.0 Å². The molecule has 0 saturated carbocycles. The number of hydrogen-bond donors (Lipinski definition) is 2. The van der Waals surface area contributed by atoms with E-state index < -0.39 is 11.4 Å². The van der Waals surface area contributed by atoms with Gasteiger partial charge in [0, 0.05) is 5.70 Å². The Kier molecular flexibility index (Phi) is 5.64. The molecule has 2 N–H and O–H groups in total. The highest BCUT2D eigenvalue weighted by Gasteiger charge is 2.30. The lowest BCUT2D eigenvalue weighted by molar-refractivity contribution is -0.0322. The first-order valence-electron chi connectivity index (χ1n) is 7.43. The first kappa shape index (κ1) is 18.4. The van der Waals surface area contributed by atoms with Gasteiger partial charge < -0.3 is 10.4 Å². The number of aryl methyl sites for hydroxylation is 2. The summed E-state index contributed by atoms with van der Waals surface area (Å²) in [6, 6.07) is 3.34. The molecule has 7 heteroatoms. The van der Waals surface area contributed by atoms with Gasteiger partial charge in [0.1, 0.15) is 5.75 Å². The summed E-state index contributed by atoms with van der Waals surface area (Å²) < 4.78 is 37.3. The van der Waals surface area contributed by atoms with E-state index in [1.165, 1.54) is 12.2 Å². The number of benzene rings is 1. The number of phenolic OH excluding ortho intramolecular Hbond substituents is 1. The average Bonchev–Trinajstić information content (AvgIpc) is 2.66. The second-order valence-electron chi connectivity index (χ2n) is 5.66. The van der Waals surface area contributed by atoms with Crippen molar-refractivity contribution >= 4 is 17.7 Å². The molecule has 130 valence electrons. The highest BCUT2D eigenvalue weighted by molar-refractivity contribution is 8.03. The highest BCUT2D eigenvalue weighted by atomic mass is 32.2. The molecule has 1 aromatic carbocycles. The highest BCUT2D eigenvalue weighted by Crippen LogP contribution is 2.39. The number of amides is 1. The van der Waals surface area contributed by atoms with E-state index in [0.717, 1.165) is 5.56 Å². The lowest BCUT2D eigenvalue weighted by Gasteiger charge is -2.11. The standard InChI is InChI=1S/C17H18F3NO2S/c1-10-8-11(2)15(22)14(9-10)16(23)21-12-4-3-5-13(7-6-12)24-17(18,19)20/h6-9,22H,3-5H2,1-2H3,(H,21,23). The first-order chi connectivity index (χ1) is 11.2. The first-order valence-corrected chi connectivity index (χ1v) is 8.24. The third kappa shape index (κ3) is 5.06. The van der Waals surface area contributed by atoms with Gasteiger partial charge in [-0.15, -0.1) is 0 Å². The second-order valence-corrected chi connectivity index (χ2v) is 6.85. The number of nitrogens with one attached hydrogen (secondary N) is 1. The van der Waals surface area contributed by atoms with Crippen LogP contribution in [0.4, 0.5) is 13.2 Å². The van der Waals surface area contributed by atoms with Crippen molar-refractivity contribution < 1.29 is 23.1 Å². The minimum atomic E-state index is -4.31. The molecule has 2 rings (SSSR count). The van der Waals surface area contributed by atoms with E-state index in [1.54, 1.807) is 19.1 Å². The predicted molar refractivity (Wildman–Crippen MR) is 88.7 cm³/mol. The van der Waals surface area contributed by atoms with Crippen molar-refractivity contribution in [2.75, 3.05) is 0 Å². The Hall–Kier alpha value is -1.89. The Morgan fingerprint density at radius 1 is 1.21 bits per heavy atom. The van der Waals surface area contributed by atoms with Crippen LogP contribution < -0.4 is 5.32 Å². The number of aromatic hydroxyl groups is 1. The van der Waals surface area contributed by atoms with Crippen LogP contribution in [0.3, 0.4) is 0 Å². The van der Waals surface area contributed by atoms with Gasteiger partial charge in [0.15, 0.2) is 0 Å². The topological polar surface area (TPSA) is 49.3 Å². The number of halogens is 3. The van der Waals surface area contributed by atoms with Crippen molar-refractivity contribution in [3.63, 3.8) is 0 Å². The molecule has 0 bridgehead atoms. The molecule has 0 fully saturated rings. The van der Waals surface area contributed by atoms with E-state index in [4.69, 9.17) is 0 Å². The zero-order valence-corrected chi connectivity index (χ0v) is 14.1. The SMILES string of the molecule is Cc1cc(C)c(O)c(C(=O)NC2=CC=C(SC(F)(F)F)CCC2)c1. The van der Waals surface area contributed by atoms with Crippen LogP contribution in [0, 0.1) is 13.8 Å². The molecule has 0 unspecified atom stereocenters. The zero-order chi connectivity index (χ0) is 17.9. The largest absolute Gasteiger partial charge is 0.507 e. The van der Waals surface area contributed by atoms with Gasteiger partial charge in [0.25, 0.3) is 5.91 Å². The molecule has 24 heavy (non-hydrogen) atoms. The minimum absolute atomic E-state index is 0.0869. The molecule has 0 spiro atoms. The van der Waals surface area contributed by atoms with Crippen LogP contribution in [0.15, 0.2) is 34.9 Å². The van der Waals surface area contributed by atoms with Gasteiger partial charge in [0.05, 0.1) is 5.56 Å². The van der Waals surface area contributed by atoms with Gasteiger partial charge in [-0.05, 0) is 73.0 Å². The monoisotopic (exact) mass is 357 g/mol. The molecular weight excluding hydrogens is 339 g/mol. The summed E-state index contributed by atoms with van der Waals surface area (Å²) in [6.07, 6.45) is 4.19. The molecule has 3 nitrogen and oxygen atoms in total. The average molecular weight is 357 g/mol. The molecule has 1 amide bonds. The fourth-order valence-corrected chi connectivity index (χ4v) is 3.18. The van der Waals surface area contributed by atoms with Crippen molar-refractivity contribution in [1.82, 2.24) is 5.32 Å². The number of thioether (sulfide) groups is 1. The van der Waals surface area contributed by atoms with Gasteiger partial charge >= 0.3 is 5.51 Å². The summed E-state index contributed by atoms with van der Waals surface area (Å²) >= 11 is -0.121. The normalized spacial score (nSPS) is 15.4. The summed E-state index contributed by atoms with van der Waals surface area (Å²) in [5, 5.41) is 12.7. The quantitative estimate of drug-likeness (QED) is 0.805. The van der Waals surface area contributed by atoms with Gasteiger partial charge in [-0.2, -0.15) is 13.2 Å². The maximum atomic E-state index is 12.4. The van der Waals surface area contributed by atoms with E-state index in [0.29, 0.717) is 30.5 Å². The maximum absolute atomic E-state index is 12.4. The van der Waals surface area contributed by atoms with Crippen molar-refractivity contribution in [2.45, 2.75) is 38.6 Å². The predicted octanol–water partition coefficient (Wildman–Crippen LogP) is 4.94. The Balaban J connectivity index is 2.14. The van der Waals surface area contributed by atoms with E-state index in [1.807, 2.05) is 6.92 Å². The van der Waals surface area contributed by atoms with Crippen LogP contribution >= 0.6 is 11.8 Å². The number of rotatable bonds is 3. The third-order valence-corrected chi connectivity index (χ3v) is 4.38. The van der Waals surface area contributed by atoms with Crippen molar-refractivity contribution in [3.8, 4) is 5.75 Å². The molecule has 0 atom stereocenters. The summed E-state index contributed by atoms with van der Waals surface area (Å²) in [5.41, 5.74) is -2.17. The zero-order valence-electron chi connectivity index (χ0n) is 13.3. The molecule has 1 aliphatic carbocycles.